The summed E-state index contributed by atoms with van der Waals surface area (Å²) < 4.78 is 20.2. The summed E-state index contributed by atoms with van der Waals surface area (Å²) in [6.07, 6.45) is 3.28. The molecule has 0 heterocycles. The number of aryl methyl sites for hydroxylation is 2. The highest BCUT2D eigenvalue weighted by Crippen LogP contribution is 2.35. The molecule has 0 amide bonds. The van der Waals surface area contributed by atoms with Gasteiger partial charge in [-0.3, -0.25) is 4.79 Å². The van der Waals surface area contributed by atoms with Crippen LogP contribution in [0.5, 0.6) is 5.75 Å². The van der Waals surface area contributed by atoms with Gasteiger partial charge in [-0.15, -0.1) is 0 Å². The number of benzene rings is 2. The van der Waals surface area contributed by atoms with Crippen molar-refractivity contribution in [1.82, 2.24) is 0 Å². The minimum absolute atomic E-state index is 0.0160. The zero-order valence-corrected chi connectivity index (χ0v) is 16.0. The van der Waals surface area contributed by atoms with E-state index in [1.165, 1.54) is 17.2 Å². The van der Waals surface area contributed by atoms with Gasteiger partial charge >= 0.3 is 5.97 Å². The minimum Gasteiger partial charge on any atom is -0.486 e. The van der Waals surface area contributed by atoms with Crippen LogP contribution in [0, 0.1) is 12.7 Å². The first-order valence-corrected chi connectivity index (χ1v) is 9.42. The van der Waals surface area contributed by atoms with Crippen molar-refractivity contribution in [1.29, 1.82) is 0 Å². The summed E-state index contributed by atoms with van der Waals surface area (Å²) in [6, 6.07) is 10.8. The zero-order valence-electron chi connectivity index (χ0n) is 15.2. The van der Waals surface area contributed by atoms with E-state index in [0.29, 0.717) is 23.6 Å². The second-order valence-electron chi connectivity index (χ2n) is 6.83. The van der Waals surface area contributed by atoms with Crippen LogP contribution >= 0.6 is 11.6 Å². The summed E-state index contributed by atoms with van der Waals surface area (Å²) in [5.74, 6) is -1.13. The Morgan fingerprint density at radius 3 is 2.67 bits per heavy atom. The number of rotatable bonds is 7. The molecule has 2 aromatic rings. The number of hydrogen-bond acceptors (Lipinski definition) is 2. The lowest BCUT2D eigenvalue weighted by Crippen LogP contribution is -2.05. The first-order chi connectivity index (χ1) is 12.9. The van der Waals surface area contributed by atoms with Gasteiger partial charge in [-0.25, -0.2) is 4.39 Å². The standard InChI is InChI=1S/C22H22ClFO3/c1-14-11-21(20(24)12-16(14)7-10-22(25)26)27-13-17-3-2-4-19(17)15-5-8-18(23)9-6-15/h5-6,8-9,11-12H,2-4,7,10,13H2,1H3,(H,25,26). The first-order valence-electron chi connectivity index (χ1n) is 9.04. The molecule has 1 aliphatic carbocycles. The van der Waals surface area contributed by atoms with Crippen molar-refractivity contribution >= 4 is 23.1 Å². The smallest absolute Gasteiger partial charge is 0.303 e. The fourth-order valence-corrected chi connectivity index (χ4v) is 3.57. The highest BCUT2D eigenvalue weighted by atomic mass is 35.5. The van der Waals surface area contributed by atoms with Crippen molar-refractivity contribution in [2.45, 2.75) is 39.0 Å². The van der Waals surface area contributed by atoms with Crippen LogP contribution in [0.25, 0.3) is 5.57 Å². The number of halogens is 2. The number of carboxylic acids is 1. The number of carbonyl (C=O) groups is 1. The van der Waals surface area contributed by atoms with E-state index in [1.807, 2.05) is 31.2 Å². The van der Waals surface area contributed by atoms with E-state index in [2.05, 4.69) is 0 Å². The fraction of sp³-hybridized carbons (Fsp3) is 0.318. The van der Waals surface area contributed by atoms with Gasteiger partial charge in [0.25, 0.3) is 0 Å². The average molecular weight is 389 g/mol. The van der Waals surface area contributed by atoms with E-state index in [9.17, 15) is 9.18 Å². The largest absolute Gasteiger partial charge is 0.486 e. The van der Waals surface area contributed by atoms with Crippen LogP contribution in [0.3, 0.4) is 0 Å². The van der Waals surface area contributed by atoms with E-state index < -0.39 is 11.8 Å². The van der Waals surface area contributed by atoms with Gasteiger partial charge in [-0.05, 0) is 84.7 Å². The molecule has 3 nitrogen and oxygen atoms in total. The third-order valence-electron chi connectivity index (χ3n) is 4.93. The third-order valence-corrected chi connectivity index (χ3v) is 5.18. The van der Waals surface area contributed by atoms with Gasteiger partial charge in [0.2, 0.25) is 0 Å². The van der Waals surface area contributed by atoms with Crippen molar-refractivity contribution in [3.8, 4) is 5.75 Å². The molecule has 0 atom stereocenters. The van der Waals surface area contributed by atoms with Crippen LogP contribution in [0.1, 0.15) is 42.4 Å². The van der Waals surface area contributed by atoms with Crippen molar-refractivity contribution in [3.05, 3.63) is 69.5 Å². The SMILES string of the molecule is Cc1cc(OCC2=C(c3ccc(Cl)cc3)CCC2)c(F)cc1CCC(=O)O. The predicted octanol–water partition coefficient (Wildman–Crippen LogP) is 5.82. The van der Waals surface area contributed by atoms with E-state index in [4.69, 9.17) is 21.4 Å². The van der Waals surface area contributed by atoms with E-state index in [1.54, 1.807) is 6.07 Å². The van der Waals surface area contributed by atoms with E-state index in [0.717, 1.165) is 30.4 Å². The zero-order chi connectivity index (χ0) is 19.4. The normalized spacial score (nSPS) is 13.9. The first kappa shape index (κ1) is 19.4. The highest BCUT2D eigenvalue weighted by molar-refractivity contribution is 6.30. The molecule has 2 aromatic carbocycles. The number of carboxylic acid groups (broad SMARTS) is 1. The molecular formula is C22H22ClFO3. The molecule has 0 radical (unpaired) electrons. The third kappa shape index (κ3) is 4.89. The lowest BCUT2D eigenvalue weighted by atomic mass is 10.0. The number of hydrogen-bond donors (Lipinski definition) is 1. The Morgan fingerprint density at radius 2 is 1.96 bits per heavy atom. The summed E-state index contributed by atoms with van der Waals surface area (Å²) in [5.41, 5.74) is 5.11. The minimum atomic E-state index is -0.891. The number of aliphatic carboxylic acids is 1. The molecule has 3 rings (SSSR count). The molecule has 1 N–H and O–H groups in total. The van der Waals surface area contributed by atoms with Gasteiger partial charge in [0.15, 0.2) is 11.6 Å². The maximum absolute atomic E-state index is 14.4. The molecule has 5 heteroatoms. The Morgan fingerprint density at radius 1 is 1.22 bits per heavy atom. The van der Waals surface area contributed by atoms with Crippen molar-refractivity contribution in [2.24, 2.45) is 0 Å². The summed E-state index contributed by atoms with van der Waals surface area (Å²) in [5, 5.41) is 9.50. The maximum atomic E-state index is 14.4. The van der Waals surface area contributed by atoms with Crippen LogP contribution in [-0.4, -0.2) is 17.7 Å². The van der Waals surface area contributed by atoms with Crippen molar-refractivity contribution in [3.63, 3.8) is 0 Å². The van der Waals surface area contributed by atoms with Crippen LogP contribution in [-0.2, 0) is 11.2 Å². The molecule has 0 fully saturated rings. The Kier molecular flexibility index (Phi) is 6.17. The van der Waals surface area contributed by atoms with Gasteiger partial charge < -0.3 is 9.84 Å². The lowest BCUT2D eigenvalue weighted by Gasteiger charge is -2.13. The molecule has 0 saturated heterocycles. The van der Waals surface area contributed by atoms with Crippen LogP contribution in [0.15, 0.2) is 42.0 Å². The molecule has 0 unspecified atom stereocenters. The lowest BCUT2D eigenvalue weighted by molar-refractivity contribution is -0.136. The van der Waals surface area contributed by atoms with Crippen molar-refractivity contribution < 1.29 is 19.0 Å². The average Bonchev–Trinajstić information content (AvgIpc) is 3.10. The Balaban J connectivity index is 1.73. The molecule has 0 saturated carbocycles. The van der Waals surface area contributed by atoms with E-state index in [-0.39, 0.29) is 12.2 Å². The molecule has 0 aromatic heterocycles. The van der Waals surface area contributed by atoms with Crippen LogP contribution in [0.2, 0.25) is 5.02 Å². The van der Waals surface area contributed by atoms with Gasteiger partial charge in [0, 0.05) is 11.4 Å². The predicted molar refractivity (Wildman–Crippen MR) is 105 cm³/mol. The van der Waals surface area contributed by atoms with Gasteiger partial charge in [-0.2, -0.15) is 0 Å². The molecule has 0 bridgehead atoms. The Bertz CT molecular complexity index is 872. The Hall–Kier alpha value is -2.33. The second-order valence-corrected chi connectivity index (χ2v) is 7.27. The van der Waals surface area contributed by atoms with Crippen molar-refractivity contribution in [2.75, 3.05) is 6.61 Å². The second kappa shape index (κ2) is 8.57. The molecule has 1 aliphatic rings. The molecule has 27 heavy (non-hydrogen) atoms. The van der Waals surface area contributed by atoms with Crippen LogP contribution < -0.4 is 4.74 Å². The monoisotopic (exact) mass is 388 g/mol. The summed E-state index contributed by atoms with van der Waals surface area (Å²) >= 11 is 5.97. The number of allylic oxidation sites excluding steroid dienone is 1. The Labute approximate surface area is 163 Å². The quantitative estimate of drug-likeness (QED) is 0.649. The summed E-state index contributed by atoms with van der Waals surface area (Å²) in [4.78, 5) is 10.7. The van der Waals surface area contributed by atoms with Gasteiger partial charge in [-0.1, -0.05) is 23.7 Å². The fourth-order valence-electron chi connectivity index (χ4n) is 3.45. The summed E-state index contributed by atoms with van der Waals surface area (Å²) in [6.45, 7) is 2.19. The molecule has 142 valence electrons. The highest BCUT2D eigenvalue weighted by Gasteiger charge is 2.18. The van der Waals surface area contributed by atoms with E-state index >= 15 is 0 Å². The summed E-state index contributed by atoms with van der Waals surface area (Å²) in [7, 11) is 0. The molecular weight excluding hydrogens is 367 g/mol. The van der Waals surface area contributed by atoms with Crippen LogP contribution in [0.4, 0.5) is 4.39 Å². The number of ether oxygens (including phenoxy) is 1. The van der Waals surface area contributed by atoms with Gasteiger partial charge in [0.1, 0.15) is 6.61 Å². The molecule has 0 aliphatic heterocycles. The topological polar surface area (TPSA) is 46.5 Å². The maximum Gasteiger partial charge on any atom is 0.303 e. The molecule has 0 spiro atoms. The van der Waals surface area contributed by atoms with Gasteiger partial charge in [0.05, 0.1) is 0 Å².